The second-order valence-corrected chi connectivity index (χ2v) is 5.80. The third kappa shape index (κ3) is 5.37. The van der Waals surface area contributed by atoms with Gasteiger partial charge in [-0.3, -0.25) is 0 Å². The average Bonchev–Trinajstić information content (AvgIpc) is 2.30. The summed E-state index contributed by atoms with van der Waals surface area (Å²) in [5.74, 6) is 0. The van der Waals surface area contributed by atoms with Gasteiger partial charge in [0.15, 0.2) is 0 Å². The monoisotopic (exact) mass is 243 g/mol. The molecule has 0 aromatic heterocycles. The molecule has 1 saturated heterocycles. The maximum Gasteiger partial charge on any atom is 0.407 e. The lowest BCUT2D eigenvalue weighted by Crippen LogP contribution is -2.48. The molecule has 0 saturated carbocycles. The number of carbonyl (C=O) groups is 1. The number of carbonyl (C=O) groups excluding carboxylic acids is 1. The highest BCUT2D eigenvalue weighted by atomic mass is 16.6. The fourth-order valence-electron chi connectivity index (χ4n) is 1.89. The number of hydrogen-bond acceptors (Lipinski definition) is 4. The number of rotatable bonds is 1. The molecular formula is C12H25N3O2. The van der Waals surface area contributed by atoms with E-state index in [1.807, 2.05) is 20.8 Å². The molecule has 2 atom stereocenters. The number of likely N-dealkylation sites (tertiary alicyclic amines) is 1. The summed E-state index contributed by atoms with van der Waals surface area (Å²) in [5, 5.41) is 2.87. The van der Waals surface area contributed by atoms with Crippen LogP contribution in [0.15, 0.2) is 0 Å². The smallest absolute Gasteiger partial charge is 0.407 e. The van der Waals surface area contributed by atoms with Gasteiger partial charge in [-0.25, -0.2) is 4.79 Å². The predicted octanol–water partition coefficient (Wildman–Crippen LogP) is 0.933. The SMILES string of the molecule is CN1CC[C@H](N)[C@H](NC(=O)OC(C)(C)C)CC1. The van der Waals surface area contributed by atoms with Crippen LogP contribution in [0.25, 0.3) is 0 Å². The van der Waals surface area contributed by atoms with Crippen LogP contribution < -0.4 is 11.1 Å². The molecular weight excluding hydrogens is 218 g/mol. The summed E-state index contributed by atoms with van der Waals surface area (Å²) in [6.07, 6.45) is 1.40. The summed E-state index contributed by atoms with van der Waals surface area (Å²) in [5.41, 5.74) is 5.59. The third-order valence-corrected chi connectivity index (χ3v) is 2.88. The van der Waals surface area contributed by atoms with Crippen molar-refractivity contribution in [1.29, 1.82) is 0 Å². The van der Waals surface area contributed by atoms with Crippen molar-refractivity contribution < 1.29 is 9.53 Å². The Labute approximate surface area is 104 Å². The third-order valence-electron chi connectivity index (χ3n) is 2.88. The molecule has 17 heavy (non-hydrogen) atoms. The number of amides is 1. The zero-order valence-electron chi connectivity index (χ0n) is 11.3. The molecule has 0 unspecified atom stereocenters. The molecule has 5 nitrogen and oxygen atoms in total. The van der Waals surface area contributed by atoms with Crippen molar-refractivity contribution in [3.05, 3.63) is 0 Å². The zero-order valence-corrected chi connectivity index (χ0v) is 11.3. The van der Waals surface area contributed by atoms with Gasteiger partial charge in [0.2, 0.25) is 0 Å². The van der Waals surface area contributed by atoms with E-state index in [4.69, 9.17) is 10.5 Å². The maximum atomic E-state index is 11.7. The molecule has 0 aromatic carbocycles. The van der Waals surface area contributed by atoms with Crippen molar-refractivity contribution >= 4 is 6.09 Å². The van der Waals surface area contributed by atoms with E-state index in [1.165, 1.54) is 0 Å². The van der Waals surface area contributed by atoms with Crippen LogP contribution in [0.1, 0.15) is 33.6 Å². The van der Waals surface area contributed by atoms with Crippen molar-refractivity contribution in [3.63, 3.8) is 0 Å². The lowest BCUT2D eigenvalue weighted by molar-refractivity contribution is 0.0495. The van der Waals surface area contributed by atoms with E-state index in [1.54, 1.807) is 0 Å². The normalized spacial score (nSPS) is 27.4. The number of nitrogens with one attached hydrogen (secondary N) is 1. The molecule has 1 rings (SSSR count). The standard InChI is InChI=1S/C12H25N3O2/c1-12(2,3)17-11(16)14-10-6-8-15(4)7-5-9(10)13/h9-10H,5-8,13H2,1-4H3,(H,14,16)/t9-,10+/m0/s1. The highest BCUT2D eigenvalue weighted by Crippen LogP contribution is 2.11. The molecule has 0 aliphatic carbocycles. The molecule has 0 aromatic rings. The van der Waals surface area contributed by atoms with Crippen LogP contribution in [0.4, 0.5) is 4.79 Å². The second-order valence-electron chi connectivity index (χ2n) is 5.80. The summed E-state index contributed by atoms with van der Waals surface area (Å²) in [7, 11) is 2.07. The van der Waals surface area contributed by atoms with Crippen LogP contribution in [-0.2, 0) is 4.74 Å². The number of hydrogen-bond donors (Lipinski definition) is 2. The van der Waals surface area contributed by atoms with Gasteiger partial charge in [-0.05, 0) is 53.8 Å². The summed E-state index contributed by atoms with van der Waals surface area (Å²) in [4.78, 5) is 13.9. The quantitative estimate of drug-likeness (QED) is 0.719. The second kappa shape index (κ2) is 5.69. The molecule has 3 N–H and O–H groups in total. The van der Waals surface area contributed by atoms with Crippen molar-refractivity contribution in [3.8, 4) is 0 Å². The first-order valence-corrected chi connectivity index (χ1v) is 6.21. The Morgan fingerprint density at radius 2 is 1.94 bits per heavy atom. The number of nitrogens with zero attached hydrogens (tertiary/aromatic N) is 1. The van der Waals surface area contributed by atoms with Crippen LogP contribution in [0.3, 0.4) is 0 Å². The molecule has 1 aliphatic rings. The van der Waals surface area contributed by atoms with Gasteiger partial charge in [-0.1, -0.05) is 0 Å². The zero-order chi connectivity index (χ0) is 13.1. The maximum absolute atomic E-state index is 11.7. The van der Waals surface area contributed by atoms with Gasteiger partial charge in [0.25, 0.3) is 0 Å². The molecule has 1 fully saturated rings. The van der Waals surface area contributed by atoms with E-state index >= 15 is 0 Å². The number of alkyl carbamates (subject to hydrolysis) is 1. The average molecular weight is 243 g/mol. The highest BCUT2D eigenvalue weighted by molar-refractivity contribution is 5.68. The summed E-state index contributed by atoms with van der Waals surface area (Å²) < 4.78 is 5.24. The van der Waals surface area contributed by atoms with E-state index in [2.05, 4.69) is 17.3 Å². The Balaban J connectivity index is 2.46. The van der Waals surface area contributed by atoms with Gasteiger partial charge in [0, 0.05) is 12.1 Å². The van der Waals surface area contributed by atoms with E-state index in [9.17, 15) is 4.79 Å². The molecule has 5 heteroatoms. The fraction of sp³-hybridized carbons (Fsp3) is 0.917. The first kappa shape index (κ1) is 14.3. The minimum atomic E-state index is -0.463. The van der Waals surface area contributed by atoms with Gasteiger partial charge in [-0.15, -0.1) is 0 Å². The summed E-state index contributed by atoms with van der Waals surface area (Å²) in [6.45, 7) is 7.50. The first-order valence-electron chi connectivity index (χ1n) is 6.21. The summed E-state index contributed by atoms with van der Waals surface area (Å²) in [6, 6.07) is 0.0160. The lowest BCUT2D eigenvalue weighted by atomic mass is 10.0. The van der Waals surface area contributed by atoms with Gasteiger partial charge in [0.05, 0.1) is 0 Å². The van der Waals surface area contributed by atoms with Crippen LogP contribution in [0.2, 0.25) is 0 Å². The Morgan fingerprint density at radius 3 is 2.53 bits per heavy atom. The minimum Gasteiger partial charge on any atom is -0.444 e. The largest absolute Gasteiger partial charge is 0.444 e. The summed E-state index contributed by atoms with van der Waals surface area (Å²) >= 11 is 0. The van der Waals surface area contributed by atoms with E-state index < -0.39 is 5.60 Å². The van der Waals surface area contributed by atoms with Crippen LogP contribution in [-0.4, -0.2) is 48.8 Å². The van der Waals surface area contributed by atoms with Gasteiger partial charge in [0.1, 0.15) is 5.60 Å². The van der Waals surface area contributed by atoms with Crippen molar-refractivity contribution in [2.45, 2.75) is 51.3 Å². The Bertz CT molecular complexity index is 263. The molecule has 1 aliphatic heterocycles. The fourth-order valence-corrected chi connectivity index (χ4v) is 1.89. The molecule has 1 heterocycles. The van der Waals surface area contributed by atoms with Crippen LogP contribution in [0.5, 0.6) is 0 Å². The predicted molar refractivity (Wildman–Crippen MR) is 67.9 cm³/mol. The van der Waals surface area contributed by atoms with Crippen molar-refractivity contribution in [2.75, 3.05) is 20.1 Å². The Morgan fingerprint density at radius 1 is 1.35 bits per heavy atom. The first-order chi connectivity index (χ1) is 7.78. The van der Waals surface area contributed by atoms with Crippen molar-refractivity contribution in [1.82, 2.24) is 10.2 Å². The topological polar surface area (TPSA) is 67.6 Å². The van der Waals surface area contributed by atoms with Crippen LogP contribution in [0, 0.1) is 0 Å². The molecule has 1 amide bonds. The van der Waals surface area contributed by atoms with Gasteiger partial charge in [-0.2, -0.15) is 0 Å². The minimum absolute atomic E-state index is 0.00692. The Hall–Kier alpha value is -0.810. The van der Waals surface area contributed by atoms with E-state index in [0.717, 1.165) is 25.9 Å². The van der Waals surface area contributed by atoms with Gasteiger partial charge < -0.3 is 20.7 Å². The molecule has 0 radical (unpaired) electrons. The van der Waals surface area contributed by atoms with Gasteiger partial charge >= 0.3 is 6.09 Å². The number of nitrogens with two attached hydrogens (primary N) is 1. The van der Waals surface area contributed by atoms with E-state index in [-0.39, 0.29) is 18.2 Å². The highest BCUT2D eigenvalue weighted by Gasteiger charge is 2.25. The molecule has 0 spiro atoms. The van der Waals surface area contributed by atoms with Crippen molar-refractivity contribution in [2.24, 2.45) is 5.73 Å². The molecule has 0 bridgehead atoms. The molecule has 100 valence electrons. The van der Waals surface area contributed by atoms with Crippen LogP contribution >= 0.6 is 0 Å². The Kier molecular flexibility index (Phi) is 4.77. The lowest BCUT2D eigenvalue weighted by Gasteiger charge is -2.25. The van der Waals surface area contributed by atoms with E-state index in [0.29, 0.717) is 0 Å². The number of ether oxygens (including phenoxy) is 1.